The lowest BCUT2D eigenvalue weighted by atomic mass is 10.2. The van der Waals surface area contributed by atoms with Gasteiger partial charge in [-0.2, -0.15) is 0 Å². The van der Waals surface area contributed by atoms with Crippen molar-refractivity contribution in [3.8, 4) is 17.4 Å². The molecule has 1 aliphatic rings. The first-order valence-electron chi connectivity index (χ1n) is 9.32. The number of hydrogen-bond acceptors (Lipinski definition) is 5. The van der Waals surface area contributed by atoms with E-state index in [4.69, 9.17) is 9.47 Å². The Balaban J connectivity index is 1.47. The van der Waals surface area contributed by atoms with Crippen molar-refractivity contribution in [2.45, 2.75) is 26.7 Å². The smallest absolute Gasteiger partial charge is 0.226 e. The summed E-state index contributed by atoms with van der Waals surface area (Å²) in [4.78, 5) is 27.9. The molecule has 0 bridgehead atoms. The van der Waals surface area contributed by atoms with E-state index in [-0.39, 0.29) is 24.2 Å². The van der Waals surface area contributed by atoms with Gasteiger partial charge in [0, 0.05) is 24.9 Å². The summed E-state index contributed by atoms with van der Waals surface area (Å²) in [5, 5.41) is 5.55. The number of aromatic nitrogens is 1. The first kappa shape index (κ1) is 19.7. The molecule has 2 aromatic rings. The number of rotatable bonds is 8. The second-order valence-corrected chi connectivity index (χ2v) is 7.05. The predicted octanol–water partition coefficient (Wildman–Crippen LogP) is 3.29. The molecular weight excluding hydrogens is 358 g/mol. The Hall–Kier alpha value is -3.09. The van der Waals surface area contributed by atoms with Crippen molar-refractivity contribution in [2.75, 3.05) is 19.0 Å². The van der Waals surface area contributed by atoms with Gasteiger partial charge in [0.15, 0.2) is 11.5 Å². The monoisotopic (exact) mass is 383 g/mol. The molecule has 148 valence electrons. The fourth-order valence-electron chi connectivity index (χ4n) is 2.83. The Morgan fingerprint density at radius 3 is 2.64 bits per heavy atom. The number of amides is 2. The van der Waals surface area contributed by atoms with Crippen molar-refractivity contribution >= 4 is 17.5 Å². The van der Waals surface area contributed by atoms with Crippen molar-refractivity contribution < 1.29 is 19.1 Å². The van der Waals surface area contributed by atoms with Gasteiger partial charge in [-0.3, -0.25) is 9.59 Å². The Bertz CT molecular complexity index is 851. The fourth-order valence-corrected chi connectivity index (χ4v) is 2.83. The van der Waals surface area contributed by atoms with E-state index in [1.807, 2.05) is 32.0 Å². The van der Waals surface area contributed by atoms with Gasteiger partial charge < -0.3 is 20.1 Å². The lowest BCUT2D eigenvalue weighted by molar-refractivity contribution is -0.122. The first-order chi connectivity index (χ1) is 13.5. The Kier molecular flexibility index (Phi) is 6.13. The van der Waals surface area contributed by atoms with Gasteiger partial charge in [-0.25, -0.2) is 4.98 Å². The average molecular weight is 383 g/mol. The molecule has 1 saturated carbocycles. The summed E-state index contributed by atoms with van der Waals surface area (Å²) in [6.07, 6.45) is 2.68. The molecule has 7 heteroatoms. The minimum atomic E-state index is -0.181. The number of carbonyl (C=O) groups excluding carboxylic acids is 2. The summed E-state index contributed by atoms with van der Waals surface area (Å²) in [5.74, 6) is 2.02. The number of nitrogens with one attached hydrogen (secondary N) is 2. The number of aryl methyl sites for hydroxylation is 1. The number of carbonyl (C=O) groups is 2. The molecule has 2 amide bonds. The third-order valence-corrected chi connectivity index (χ3v) is 4.65. The third-order valence-electron chi connectivity index (χ3n) is 4.65. The van der Waals surface area contributed by atoms with E-state index in [2.05, 4.69) is 15.6 Å². The van der Waals surface area contributed by atoms with Gasteiger partial charge in [0.1, 0.15) is 0 Å². The largest absolute Gasteiger partial charge is 0.493 e. The maximum Gasteiger partial charge on any atom is 0.226 e. The fraction of sp³-hybridized carbons (Fsp3) is 0.381. The van der Waals surface area contributed by atoms with Crippen molar-refractivity contribution in [1.82, 2.24) is 10.3 Å². The van der Waals surface area contributed by atoms with E-state index < -0.39 is 0 Å². The average Bonchev–Trinajstić information content (AvgIpc) is 3.41. The number of ether oxygens (including phenoxy) is 2. The van der Waals surface area contributed by atoms with Crippen LogP contribution in [0.25, 0.3) is 0 Å². The normalized spacial score (nSPS) is 17.5. The highest BCUT2D eigenvalue weighted by Crippen LogP contribution is 2.37. The Labute approximate surface area is 164 Å². The molecule has 0 radical (unpaired) electrons. The van der Waals surface area contributed by atoms with Crippen molar-refractivity contribution in [1.29, 1.82) is 0 Å². The molecule has 0 spiro atoms. The number of benzene rings is 1. The molecule has 1 aromatic carbocycles. The van der Waals surface area contributed by atoms with E-state index >= 15 is 0 Å². The van der Waals surface area contributed by atoms with Crippen LogP contribution in [0.4, 0.5) is 5.69 Å². The minimum absolute atomic E-state index is 0.0370. The summed E-state index contributed by atoms with van der Waals surface area (Å²) in [6, 6.07) is 9.01. The molecule has 1 heterocycles. The molecule has 2 N–H and O–H groups in total. The molecular formula is C21H25N3O4. The van der Waals surface area contributed by atoms with Crippen molar-refractivity contribution in [3.63, 3.8) is 0 Å². The standard InChI is InChI=1S/C21H25N3O4/c1-13-4-6-17(18(10-13)27-3)28-20-7-5-15(12-23-20)24-19(25)8-9-22-21(26)16-11-14(16)2/h4-7,10,12,14,16H,8-9,11H2,1-3H3,(H,22,26)(H,24,25). The molecule has 28 heavy (non-hydrogen) atoms. The van der Waals surface area contributed by atoms with Crippen LogP contribution in [0, 0.1) is 18.8 Å². The zero-order valence-electron chi connectivity index (χ0n) is 16.3. The third kappa shape index (κ3) is 5.22. The molecule has 1 aromatic heterocycles. The number of hydrogen-bond donors (Lipinski definition) is 2. The van der Waals surface area contributed by atoms with Gasteiger partial charge in [0.2, 0.25) is 17.7 Å². The van der Waals surface area contributed by atoms with E-state index in [1.54, 1.807) is 19.2 Å². The molecule has 0 aliphatic heterocycles. The van der Waals surface area contributed by atoms with Gasteiger partial charge in [-0.15, -0.1) is 0 Å². The number of nitrogens with zero attached hydrogens (tertiary/aromatic N) is 1. The summed E-state index contributed by atoms with van der Waals surface area (Å²) < 4.78 is 11.1. The lowest BCUT2D eigenvalue weighted by Gasteiger charge is -2.11. The van der Waals surface area contributed by atoms with E-state index in [0.29, 0.717) is 35.5 Å². The Morgan fingerprint density at radius 1 is 1.21 bits per heavy atom. The number of methoxy groups -OCH3 is 1. The van der Waals surface area contributed by atoms with Crippen LogP contribution in [0.3, 0.4) is 0 Å². The van der Waals surface area contributed by atoms with E-state index in [1.165, 1.54) is 6.20 Å². The first-order valence-corrected chi connectivity index (χ1v) is 9.32. The minimum Gasteiger partial charge on any atom is -0.493 e. The lowest BCUT2D eigenvalue weighted by Crippen LogP contribution is -2.29. The van der Waals surface area contributed by atoms with Gasteiger partial charge in [0.05, 0.1) is 19.0 Å². The summed E-state index contributed by atoms with van der Waals surface area (Å²) in [7, 11) is 1.58. The molecule has 2 atom stereocenters. The summed E-state index contributed by atoms with van der Waals surface area (Å²) >= 11 is 0. The molecule has 1 aliphatic carbocycles. The number of anilines is 1. The van der Waals surface area contributed by atoms with Crippen LogP contribution in [0.1, 0.15) is 25.3 Å². The summed E-state index contributed by atoms with van der Waals surface area (Å²) in [6.45, 7) is 4.35. The summed E-state index contributed by atoms with van der Waals surface area (Å²) in [5.41, 5.74) is 1.63. The van der Waals surface area contributed by atoms with E-state index in [0.717, 1.165) is 12.0 Å². The van der Waals surface area contributed by atoms with Crippen LogP contribution in [-0.2, 0) is 9.59 Å². The zero-order chi connectivity index (χ0) is 20.1. The number of pyridine rings is 1. The maximum absolute atomic E-state index is 12.0. The second kappa shape index (κ2) is 8.73. The zero-order valence-corrected chi connectivity index (χ0v) is 16.3. The van der Waals surface area contributed by atoms with Crippen LogP contribution in [0.5, 0.6) is 17.4 Å². The van der Waals surface area contributed by atoms with Crippen LogP contribution in [0.2, 0.25) is 0 Å². The Morgan fingerprint density at radius 2 is 2.00 bits per heavy atom. The predicted molar refractivity (Wildman–Crippen MR) is 106 cm³/mol. The second-order valence-electron chi connectivity index (χ2n) is 7.05. The maximum atomic E-state index is 12.0. The highest BCUT2D eigenvalue weighted by Gasteiger charge is 2.38. The highest BCUT2D eigenvalue weighted by atomic mass is 16.5. The molecule has 3 rings (SSSR count). The van der Waals surface area contributed by atoms with Crippen LogP contribution in [0.15, 0.2) is 36.5 Å². The van der Waals surface area contributed by atoms with Crippen LogP contribution < -0.4 is 20.1 Å². The molecule has 1 fully saturated rings. The van der Waals surface area contributed by atoms with Crippen molar-refractivity contribution in [2.24, 2.45) is 11.8 Å². The van der Waals surface area contributed by atoms with Gasteiger partial charge >= 0.3 is 0 Å². The van der Waals surface area contributed by atoms with Gasteiger partial charge in [0.25, 0.3) is 0 Å². The molecule has 2 unspecified atom stereocenters. The topological polar surface area (TPSA) is 89.5 Å². The van der Waals surface area contributed by atoms with Crippen molar-refractivity contribution in [3.05, 3.63) is 42.1 Å². The quantitative estimate of drug-likeness (QED) is 0.730. The van der Waals surface area contributed by atoms with Gasteiger partial charge in [-0.1, -0.05) is 13.0 Å². The highest BCUT2D eigenvalue weighted by molar-refractivity contribution is 5.91. The van der Waals surface area contributed by atoms with Gasteiger partial charge in [-0.05, 0) is 43.0 Å². The van der Waals surface area contributed by atoms with Crippen LogP contribution in [-0.4, -0.2) is 30.5 Å². The SMILES string of the molecule is COc1cc(C)ccc1Oc1ccc(NC(=O)CCNC(=O)C2CC2C)cn1. The molecule has 7 nitrogen and oxygen atoms in total. The van der Waals surface area contributed by atoms with Crippen LogP contribution >= 0.6 is 0 Å². The van der Waals surface area contributed by atoms with E-state index in [9.17, 15) is 9.59 Å². The molecule has 0 saturated heterocycles.